The summed E-state index contributed by atoms with van der Waals surface area (Å²) in [5.41, 5.74) is 1.25. The highest BCUT2D eigenvalue weighted by atomic mass is 19.1. The lowest BCUT2D eigenvalue weighted by atomic mass is 9.92. The number of aliphatic hydroxyl groups excluding tert-OH is 1. The summed E-state index contributed by atoms with van der Waals surface area (Å²) in [6, 6.07) is 6.90. The molecule has 1 unspecified atom stereocenters. The average molecular weight is 237 g/mol. The number of hydrogen-bond donors (Lipinski definition) is 1. The monoisotopic (exact) mass is 237 g/mol. The van der Waals surface area contributed by atoms with Gasteiger partial charge in [-0.05, 0) is 56.0 Å². The fraction of sp³-hybridized carbons (Fsp3) is 0.571. The molecule has 1 aromatic rings. The molecular formula is C14H20FNO. The van der Waals surface area contributed by atoms with Crippen LogP contribution in [0.5, 0.6) is 0 Å². The van der Waals surface area contributed by atoms with Gasteiger partial charge in [0.15, 0.2) is 0 Å². The average Bonchev–Trinajstić information content (AvgIpc) is 2.56. The Morgan fingerprint density at radius 2 is 1.94 bits per heavy atom. The predicted octanol–water partition coefficient (Wildman–Crippen LogP) is 2.39. The van der Waals surface area contributed by atoms with Crippen molar-refractivity contribution in [2.24, 2.45) is 0 Å². The molecule has 1 aliphatic heterocycles. The van der Waals surface area contributed by atoms with Crippen LogP contribution in [-0.4, -0.2) is 36.2 Å². The van der Waals surface area contributed by atoms with Crippen LogP contribution in [0.3, 0.4) is 0 Å². The van der Waals surface area contributed by atoms with E-state index in [-0.39, 0.29) is 12.4 Å². The van der Waals surface area contributed by atoms with E-state index in [4.69, 9.17) is 5.11 Å². The zero-order valence-corrected chi connectivity index (χ0v) is 10.1. The number of halogens is 1. The van der Waals surface area contributed by atoms with Crippen molar-refractivity contribution in [3.05, 3.63) is 35.6 Å². The summed E-state index contributed by atoms with van der Waals surface area (Å²) >= 11 is 0. The van der Waals surface area contributed by atoms with Gasteiger partial charge in [0.25, 0.3) is 0 Å². The molecule has 3 heteroatoms. The molecule has 1 heterocycles. The highest BCUT2D eigenvalue weighted by Crippen LogP contribution is 2.27. The van der Waals surface area contributed by atoms with Crippen molar-refractivity contribution in [1.29, 1.82) is 0 Å². The second kappa shape index (κ2) is 6.12. The fourth-order valence-electron chi connectivity index (χ4n) is 2.59. The van der Waals surface area contributed by atoms with E-state index in [0.29, 0.717) is 5.92 Å². The first-order valence-electron chi connectivity index (χ1n) is 6.38. The maximum atomic E-state index is 12.9. The zero-order valence-electron chi connectivity index (χ0n) is 10.1. The van der Waals surface area contributed by atoms with Gasteiger partial charge in [-0.15, -0.1) is 0 Å². The number of rotatable bonds is 3. The number of β-amino-alcohol motifs (C(OH)–C–C–N with tert-alkyl or cyclic N) is 1. The van der Waals surface area contributed by atoms with E-state index in [1.807, 2.05) is 12.1 Å². The van der Waals surface area contributed by atoms with Crippen LogP contribution in [0, 0.1) is 5.82 Å². The fourth-order valence-corrected chi connectivity index (χ4v) is 2.59. The van der Waals surface area contributed by atoms with Crippen LogP contribution in [0.4, 0.5) is 4.39 Å². The largest absolute Gasteiger partial charge is 0.395 e. The lowest BCUT2D eigenvalue weighted by molar-refractivity contribution is 0.200. The van der Waals surface area contributed by atoms with Crippen molar-refractivity contribution in [1.82, 2.24) is 4.90 Å². The van der Waals surface area contributed by atoms with Crippen molar-refractivity contribution in [3.8, 4) is 0 Å². The first-order valence-corrected chi connectivity index (χ1v) is 6.38. The van der Waals surface area contributed by atoms with Crippen LogP contribution < -0.4 is 0 Å². The van der Waals surface area contributed by atoms with Crippen LogP contribution in [0.25, 0.3) is 0 Å². The summed E-state index contributed by atoms with van der Waals surface area (Å²) in [6.07, 6.45) is 3.42. The van der Waals surface area contributed by atoms with Crippen LogP contribution >= 0.6 is 0 Å². The molecule has 2 rings (SSSR count). The number of nitrogens with zero attached hydrogens (tertiary/aromatic N) is 1. The Bertz CT molecular complexity index is 339. The molecule has 0 aliphatic carbocycles. The first-order chi connectivity index (χ1) is 8.29. The topological polar surface area (TPSA) is 23.5 Å². The minimum Gasteiger partial charge on any atom is -0.395 e. The predicted molar refractivity (Wildman–Crippen MR) is 66.5 cm³/mol. The molecule has 1 aliphatic rings. The van der Waals surface area contributed by atoms with E-state index in [2.05, 4.69) is 4.90 Å². The van der Waals surface area contributed by atoms with Crippen molar-refractivity contribution in [2.75, 3.05) is 26.2 Å². The van der Waals surface area contributed by atoms with Crippen LogP contribution in [-0.2, 0) is 0 Å². The first kappa shape index (κ1) is 12.5. The Labute approximate surface area is 102 Å². The number of aliphatic hydroxyl groups is 1. The molecule has 1 atom stereocenters. The summed E-state index contributed by atoms with van der Waals surface area (Å²) in [6.45, 7) is 3.11. The number of benzene rings is 1. The van der Waals surface area contributed by atoms with Gasteiger partial charge in [-0.1, -0.05) is 12.1 Å². The molecule has 0 saturated carbocycles. The van der Waals surface area contributed by atoms with Gasteiger partial charge in [0, 0.05) is 6.54 Å². The van der Waals surface area contributed by atoms with Gasteiger partial charge in [-0.25, -0.2) is 4.39 Å². The molecule has 0 aromatic heterocycles. The Morgan fingerprint density at radius 1 is 1.18 bits per heavy atom. The van der Waals surface area contributed by atoms with E-state index >= 15 is 0 Å². The second-order valence-corrected chi connectivity index (χ2v) is 4.74. The van der Waals surface area contributed by atoms with E-state index in [9.17, 15) is 4.39 Å². The SMILES string of the molecule is OCCN1CCCC(c2ccc(F)cc2)CC1. The van der Waals surface area contributed by atoms with Crippen molar-refractivity contribution in [3.63, 3.8) is 0 Å². The van der Waals surface area contributed by atoms with Gasteiger partial charge in [-0.3, -0.25) is 0 Å². The smallest absolute Gasteiger partial charge is 0.123 e. The van der Waals surface area contributed by atoms with Crippen molar-refractivity contribution >= 4 is 0 Å². The quantitative estimate of drug-likeness (QED) is 0.872. The van der Waals surface area contributed by atoms with Gasteiger partial charge in [0.1, 0.15) is 5.82 Å². The van der Waals surface area contributed by atoms with E-state index in [1.165, 1.54) is 5.56 Å². The number of hydrogen-bond acceptors (Lipinski definition) is 2. The molecule has 17 heavy (non-hydrogen) atoms. The van der Waals surface area contributed by atoms with Gasteiger partial charge in [-0.2, -0.15) is 0 Å². The summed E-state index contributed by atoms with van der Waals surface area (Å²) in [5, 5.41) is 8.94. The minimum absolute atomic E-state index is 0.163. The second-order valence-electron chi connectivity index (χ2n) is 4.74. The van der Waals surface area contributed by atoms with Gasteiger partial charge in [0.05, 0.1) is 6.61 Å². The highest BCUT2D eigenvalue weighted by Gasteiger charge is 2.17. The van der Waals surface area contributed by atoms with Crippen LogP contribution in [0.15, 0.2) is 24.3 Å². The normalized spacial score (nSPS) is 22.4. The van der Waals surface area contributed by atoms with Gasteiger partial charge in [0.2, 0.25) is 0 Å². The molecule has 0 spiro atoms. The highest BCUT2D eigenvalue weighted by molar-refractivity contribution is 5.20. The molecule has 0 bridgehead atoms. The summed E-state index contributed by atoms with van der Waals surface area (Å²) in [5.74, 6) is 0.378. The van der Waals surface area contributed by atoms with E-state index < -0.39 is 0 Å². The van der Waals surface area contributed by atoms with Gasteiger partial charge >= 0.3 is 0 Å². The minimum atomic E-state index is -0.163. The van der Waals surface area contributed by atoms with E-state index in [0.717, 1.165) is 38.9 Å². The van der Waals surface area contributed by atoms with Crippen LogP contribution in [0.2, 0.25) is 0 Å². The standard InChI is InChI=1S/C14H20FNO/c15-14-5-3-13(4-6-14)12-2-1-8-16(9-7-12)10-11-17/h3-6,12,17H,1-2,7-11H2. The van der Waals surface area contributed by atoms with Crippen molar-refractivity contribution < 1.29 is 9.50 Å². The Kier molecular flexibility index (Phi) is 4.51. The molecule has 1 N–H and O–H groups in total. The van der Waals surface area contributed by atoms with E-state index in [1.54, 1.807) is 12.1 Å². The summed E-state index contributed by atoms with van der Waals surface area (Å²) in [4.78, 5) is 2.31. The Hall–Kier alpha value is -0.930. The number of likely N-dealkylation sites (tertiary alicyclic amines) is 1. The molecule has 1 saturated heterocycles. The maximum Gasteiger partial charge on any atom is 0.123 e. The molecule has 2 nitrogen and oxygen atoms in total. The summed E-state index contributed by atoms with van der Waals surface area (Å²) in [7, 11) is 0. The maximum absolute atomic E-state index is 12.9. The van der Waals surface area contributed by atoms with Crippen LogP contribution in [0.1, 0.15) is 30.7 Å². The van der Waals surface area contributed by atoms with Gasteiger partial charge < -0.3 is 10.0 Å². The lowest BCUT2D eigenvalue weighted by Gasteiger charge is -2.18. The molecule has 1 fully saturated rings. The summed E-state index contributed by atoms with van der Waals surface area (Å²) < 4.78 is 12.9. The Morgan fingerprint density at radius 3 is 2.65 bits per heavy atom. The third-order valence-corrected chi connectivity index (χ3v) is 3.58. The zero-order chi connectivity index (χ0) is 12.1. The molecular weight excluding hydrogens is 217 g/mol. The molecule has 1 aromatic carbocycles. The lowest BCUT2D eigenvalue weighted by Crippen LogP contribution is -2.27. The molecule has 94 valence electrons. The Balaban J connectivity index is 1.96. The molecule has 0 radical (unpaired) electrons. The van der Waals surface area contributed by atoms with Crippen molar-refractivity contribution in [2.45, 2.75) is 25.2 Å². The third-order valence-electron chi connectivity index (χ3n) is 3.58. The molecule has 0 amide bonds. The third kappa shape index (κ3) is 3.51.